The summed E-state index contributed by atoms with van der Waals surface area (Å²) in [6.07, 6.45) is -0.274. The van der Waals surface area contributed by atoms with E-state index in [0.29, 0.717) is 28.1 Å². The minimum Gasteiger partial charge on any atom is -0.545 e. The van der Waals surface area contributed by atoms with Crippen molar-refractivity contribution >= 4 is 27.8 Å². The number of aromatic carboxylic acids is 1. The summed E-state index contributed by atoms with van der Waals surface area (Å²) in [5.74, 6) is -0.296. The molecule has 0 unspecified atom stereocenters. The molecule has 5 rings (SSSR count). The normalized spacial score (nSPS) is 11.9. The smallest absolute Gasteiger partial charge is 0.545 e. The van der Waals surface area contributed by atoms with Crippen molar-refractivity contribution < 1.29 is 48.6 Å². The van der Waals surface area contributed by atoms with Crippen LogP contribution in [0.15, 0.2) is 77.2 Å². The minimum absolute atomic E-state index is 0. The van der Waals surface area contributed by atoms with Crippen LogP contribution in [0.5, 0.6) is 5.75 Å². The summed E-state index contributed by atoms with van der Waals surface area (Å²) in [6, 6.07) is 22.7. The van der Waals surface area contributed by atoms with E-state index in [4.69, 9.17) is 14.1 Å². The van der Waals surface area contributed by atoms with Gasteiger partial charge in [-0.05, 0) is 50.1 Å². The number of ether oxygens (including phenoxy) is 1. The first kappa shape index (κ1) is 24.0. The molecule has 1 atom stereocenters. The maximum Gasteiger partial charge on any atom is 1.00 e. The Hall–Kier alpha value is -3.12. The first-order chi connectivity index (χ1) is 15.9. The van der Waals surface area contributed by atoms with Crippen LogP contribution in [-0.2, 0) is 0 Å². The van der Waals surface area contributed by atoms with Gasteiger partial charge < -0.3 is 19.1 Å². The van der Waals surface area contributed by atoms with E-state index < -0.39 is 5.97 Å². The van der Waals surface area contributed by atoms with Crippen LogP contribution in [0.2, 0.25) is 0 Å². The maximum absolute atomic E-state index is 12.2. The fraction of sp³-hybridized carbons (Fsp3) is 0.143. The zero-order valence-electron chi connectivity index (χ0n) is 19.6. The van der Waals surface area contributed by atoms with Crippen molar-refractivity contribution in [2.24, 2.45) is 0 Å². The molecule has 5 nitrogen and oxygen atoms in total. The molecule has 6 heteroatoms. The molecule has 0 N–H and O–H groups in total. The fourth-order valence-corrected chi connectivity index (χ4v) is 4.22. The third-order valence-corrected chi connectivity index (χ3v) is 5.99. The number of carbonyl (C=O) groups excluding carboxylic acids is 1. The van der Waals surface area contributed by atoms with Crippen LogP contribution in [-0.4, -0.2) is 11.0 Å². The summed E-state index contributed by atoms with van der Waals surface area (Å²) in [7, 11) is 0. The Morgan fingerprint density at radius 3 is 2.41 bits per heavy atom. The Labute approximate surface area is 219 Å². The number of hydrogen-bond donors (Lipinski definition) is 0. The Balaban J connectivity index is 0.00000274. The molecule has 0 spiro atoms. The van der Waals surface area contributed by atoms with Crippen molar-refractivity contribution in [2.45, 2.75) is 26.9 Å². The zero-order chi connectivity index (χ0) is 23.1. The molecule has 5 aromatic rings. The van der Waals surface area contributed by atoms with Crippen LogP contribution in [0.1, 0.15) is 40.1 Å². The van der Waals surface area contributed by atoms with Gasteiger partial charge in [-0.3, -0.25) is 0 Å². The number of carboxylic acids is 1. The van der Waals surface area contributed by atoms with E-state index in [9.17, 15) is 9.90 Å². The number of para-hydroxylation sites is 1. The molecule has 2 aromatic heterocycles. The molecule has 0 aliphatic carbocycles. The largest absolute Gasteiger partial charge is 1.00 e. The van der Waals surface area contributed by atoms with Crippen molar-refractivity contribution in [3.63, 3.8) is 0 Å². The van der Waals surface area contributed by atoms with Gasteiger partial charge >= 0.3 is 29.6 Å². The van der Waals surface area contributed by atoms with Crippen LogP contribution >= 0.6 is 0 Å². The molecule has 0 saturated carbocycles. The topological polar surface area (TPSA) is 75.4 Å². The standard InChI is InChI=1S/C28H23NO4.Na/c1-16-13-14-24(32-18(3)19-9-5-4-6-10-19)25-21(28(30)31)15-22(29-26(16)25)27-17(2)20-11-7-8-12-23(20)33-27;/h4-15,18H,1-3H3,(H,30,31);/q;+1/p-1/t18-;/m1./s1. The molecule has 0 radical (unpaired) electrons. The fourth-order valence-electron chi connectivity index (χ4n) is 4.22. The molecule has 0 aliphatic heterocycles. The van der Waals surface area contributed by atoms with Crippen molar-refractivity contribution in [1.82, 2.24) is 4.98 Å². The van der Waals surface area contributed by atoms with E-state index in [1.807, 2.05) is 81.4 Å². The zero-order valence-corrected chi connectivity index (χ0v) is 21.6. The molecule has 0 saturated heterocycles. The van der Waals surface area contributed by atoms with Crippen molar-refractivity contribution in [3.8, 4) is 17.2 Å². The monoisotopic (exact) mass is 459 g/mol. The average molecular weight is 459 g/mol. The first-order valence-electron chi connectivity index (χ1n) is 10.8. The SMILES string of the molecule is Cc1c(-c2cc(C(=O)[O-])c3c(O[C@H](C)c4ccccc4)ccc(C)c3n2)oc2ccccc12.[Na+]. The van der Waals surface area contributed by atoms with Gasteiger partial charge in [0.2, 0.25) is 0 Å². The van der Waals surface area contributed by atoms with E-state index >= 15 is 0 Å². The van der Waals surface area contributed by atoms with Crippen LogP contribution in [0.25, 0.3) is 33.3 Å². The van der Waals surface area contributed by atoms with E-state index in [2.05, 4.69) is 0 Å². The Bertz CT molecular complexity index is 1510. The van der Waals surface area contributed by atoms with E-state index in [1.54, 1.807) is 6.07 Å². The Morgan fingerprint density at radius 2 is 1.71 bits per heavy atom. The van der Waals surface area contributed by atoms with Gasteiger partial charge in [0.15, 0.2) is 5.76 Å². The molecule has 164 valence electrons. The summed E-state index contributed by atoms with van der Waals surface area (Å²) < 4.78 is 12.3. The quantitative estimate of drug-likeness (QED) is 0.378. The van der Waals surface area contributed by atoms with E-state index in [1.165, 1.54) is 6.07 Å². The average Bonchev–Trinajstić information content (AvgIpc) is 3.17. The van der Waals surface area contributed by atoms with Gasteiger partial charge in [-0.25, -0.2) is 4.98 Å². The van der Waals surface area contributed by atoms with Crippen LogP contribution in [0, 0.1) is 13.8 Å². The molecule has 0 fully saturated rings. The number of carbonyl (C=O) groups is 1. The van der Waals surface area contributed by atoms with Gasteiger partial charge in [-0.1, -0.05) is 54.6 Å². The molecule has 3 aromatic carbocycles. The van der Waals surface area contributed by atoms with Gasteiger partial charge in [-0.15, -0.1) is 0 Å². The predicted octanol–water partition coefficient (Wildman–Crippen LogP) is 2.77. The van der Waals surface area contributed by atoms with E-state index in [0.717, 1.165) is 27.7 Å². The van der Waals surface area contributed by atoms with Crippen molar-refractivity contribution in [1.29, 1.82) is 0 Å². The van der Waals surface area contributed by atoms with Crippen LogP contribution < -0.4 is 39.4 Å². The summed E-state index contributed by atoms with van der Waals surface area (Å²) in [4.78, 5) is 17.1. The third-order valence-electron chi connectivity index (χ3n) is 5.99. The van der Waals surface area contributed by atoms with Crippen molar-refractivity contribution in [2.75, 3.05) is 0 Å². The van der Waals surface area contributed by atoms with Crippen LogP contribution in [0.4, 0.5) is 0 Å². The number of nitrogens with zero attached hydrogens (tertiary/aromatic N) is 1. The summed E-state index contributed by atoms with van der Waals surface area (Å²) >= 11 is 0. The Kier molecular flexibility index (Phi) is 6.80. The first-order valence-corrected chi connectivity index (χ1v) is 10.8. The van der Waals surface area contributed by atoms with Gasteiger partial charge in [0, 0.05) is 16.5 Å². The molecule has 2 heterocycles. The molecular weight excluding hydrogens is 437 g/mol. The summed E-state index contributed by atoms with van der Waals surface area (Å²) in [5.41, 5.74) is 4.48. The number of carboxylic acid groups (broad SMARTS) is 1. The van der Waals surface area contributed by atoms with Crippen LogP contribution in [0.3, 0.4) is 0 Å². The number of benzene rings is 3. The van der Waals surface area contributed by atoms with Crippen molar-refractivity contribution in [3.05, 3.63) is 95.1 Å². The number of furan rings is 1. The second-order valence-corrected chi connectivity index (χ2v) is 8.17. The number of aryl methyl sites for hydroxylation is 2. The number of rotatable bonds is 5. The molecule has 0 amide bonds. The van der Waals surface area contributed by atoms with Gasteiger partial charge in [0.1, 0.15) is 23.1 Å². The van der Waals surface area contributed by atoms with Gasteiger partial charge in [-0.2, -0.15) is 0 Å². The molecule has 34 heavy (non-hydrogen) atoms. The second kappa shape index (κ2) is 9.63. The number of hydrogen-bond acceptors (Lipinski definition) is 5. The second-order valence-electron chi connectivity index (χ2n) is 8.17. The number of pyridine rings is 1. The number of aromatic nitrogens is 1. The summed E-state index contributed by atoms with van der Waals surface area (Å²) in [6.45, 7) is 5.77. The Morgan fingerprint density at radius 1 is 1.00 bits per heavy atom. The van der Waals surface area contributed by atoms with E-state index in [-0.39, 0.29) is 41.2 Å². The molecule has 0 aliphatic rings. The minimum atomic E-state index is -1.29. The third kappa shape index (κ3) is 4.23. The maximum atomic E-state index is 12.2. The predicted molar refractivity (Wildman–Crippen MR) is 126 cm³/mol. The summed E-state index contributed by atoms with van der Waals surface area (Å²) in [5, 5.41) is 13.6. The molecular formula is C28H22NNaO4. The number of fused-ring (bicyclic) bond motifs is 2. The van der Waals surface area contributed by atoms with Gasteiger partial charge in [0.05, 0.1) is 16.9 Å². The van der Waals surface area contributed by atoms with Gasteiger partial charge in [0.25, 0.3) is 0 Å². The molecule has 0 bridgehead atoms.